The van der Waals surface area contributed by atoms with E-state index in [-0.39, 0.29) is 24.4 Å². The summed E-state index contributed by atoms with van der Waals surface area (Å²) < 4.78 is 33.7. The number of hydrogen-bond acceptors (Lipinski definition) is 8. The molecule has 0 saturated heterocycles. The topological polar surface area (TPSA) is 144 Å². The second-order valence-electron chi connectivity index (χ2n) is 8.26. The van der Waals surface area contributed by atoms with Crippen LogP contribution in [0.4, 0.5) is 5.82 Å². The van der Waals surface area contributed by atoms with Crippen molar-refractivity contribution in [2.75, 3.05) is 5.73 Å². The number of aryl methyl sites for hydroxylation is 3. The number of anilines is 1. The lowest BCUT2D eigenvalue weighted by molar-refractivity contribution is 0.0978. The van der Waals surface area contributed by atoms with Gasteiger partial charge in [0.1, 0.15) is 22.9 Å². The van der Waals surface area contributed by atoms with Gasteiger partial charge >= 0.3 is 0 Å². The van der Waals surface area contributed by atoms with E-state index in [9.17, 15) is 18.3 Å². The number of benzene rings is 2. The first-order chi connectivity index (χ1) is 17.0. The summed E-state index contributed by atoms with van der Waals surface area (Å²) in [5.41, 5.74) is 9.32. The van der Waals surface area contributed by atoms with Gasteiger partial charge in [-0.15, -0.1) is 0 Å². The normalized spacial score (nSPS) is 11.2. The summed E-state index contributed by atoms with van der Waals surface area (Å²) in [4.78, 5) is 21.4. The van der Waals surface area contributed by atoms with Crippen LogP contribution in [0.5, 0.6) is 17.4 Å². The van der Waals surface area contributed by atoms with Crippen LogP contribution in [0.25, 0.3) is 11.3 Å². The Hall–Kier alpha value is -4.44. The highest BCUT2D eigenvalue weighted by molar-refractivity contribution is 7.90. The van der Waals surface area contributed by atoms with E-state index in [0.717, 1.165) is 16.7 Å². The van der Waals surface area contributed by atoms with E-state index in [1.807, 2.05) is 37.6 Å². The first-order valence-corrected chi connectivity index (χ1v) is 12.4. The molecule has 0 aliphatic rings. The maximum Gasteiger partial charge on any atom is 0.281 e. The summed E-state index contributed by atoms with van der Waals surface area (Å²) in [5, 5.41) is 9.21. The van der Waals surface area contributed by atoms with E-state index in [2.05, 4.69) is 9.97 Å². The molecule has 0 aliphatic carbocycles. The molecule has 0 aliphatic heterocycles. The summed E-state index contributed by atoms with van der Waals surface area (Å²) in [6.45, 7) is 5.70. The number of nitrogen functional groups attached to an aromatic ring is 1. The Balaban J connectivity index is 0.00000380. The number of nitrogens with one attached hydrogen (secondary N) is 1. The fraction of sp³-hybridized carbons (Fsp3) is 0.115. The van der Waals surface area contributed by atoms with Crippen LogP contribution < -0.4 is 15.2 Å². The van der Waals surface area contributed by atoms with E-state index in [1.54, 1.807) is 18.2 Å². The summed E-state index contributed by atoms with van der Waals surface area (Å²) >= 11 is 0. The lowest BCUT2D eigenvalue weighted by atomic mass is 10.1. The Morgan fingerprint density at radius 2 is 1.64 bits per heavy atom. The van der Waals surface area contributed by atoms with Gasteiger partial charge in [-0.2, -0.15) is 8.42 Å². The lowest BCUT2D eigenvalue weighted by Crippen LogP contribution is -2.31. The zero-order chi connectivity index (χ0) is 26.0. The van der Waals surface area contributed by atoms with Gasteiger partial charge in [0.15, 0.2) is 5.03 Å². The molecule has 9 nitrogen and oxygen atoms in total. The van der Waals surface area contributed by atoms with Crippen LogP contribution >= 0.6 is 0 Å². The van der Waals surface area contributed by atoms with Gasteiger partial charge in [0.2, 0.25) is 5.88 Å². The molecule has 0 saturated carbocycles. The number of carbonyl (C=O) groups excluding carboxylic acids is 1. The fourth-order valence-corrected chi connectivity index (χ4v) is 4.66. The molecule has 0 atom stereocenters. The van der Waals surface area contributed by atoms with Crippen molar-refractivity contribution < 1.29 is 24.5 Å². The molecule has 36 heavy (non-hydrogen) atoms. The first kappa shape index (κ1) is 24.7. The minimum atomic E-state index is -4.31. The molecule has 186 valence electrons. The highest BCUT2D eigenvalue weighted by Gasteiger charge is 2.24. The molecular formula is C26H26N4O5S. The number of nitrogens with two attached hydrogens (primary N) is 1. The van der Waals surface area contributed by atoms with Crippen LogP contribution in [0.1, 0.15) is 28.5 Å². The van der Waals surface area contributed by atoms with Gasteiger partial charge in [0.25, 0.3) is 15.9 Å². The van der Waals surface area contributed by atoms with Gasteiger partial charge in [-0.1, -0.05) is 23.8 Å². The van der Waals surface area contributed by atoms with E-state index < -0.39 is 21.0 Å². The molecule has 0 fully saturated rings. The van der Waals surface area contributed by atoms with Crippen molar-refractivity contribution in [2.45, 2.75) is 25.8 Å². The number of carbonyl (C=O) groups is 1. The maximum absolute atomic E-state index is 13.1. The molecule has 0 unspecified atom stereocenters. The molecule has 4 rings (SSSR count). The zero-order valence-electron chi connectivity index (χ0n) is 19.8. The molecule has 4 N–H and O–H groups in total. The van der Waals surface area contributed by atoms with Crippen molar-refractivity contribution in [1.82, 2.24) is 14.7 Å². The number of phenolic OH excluding ortho intramolecular Hbond substituents is 1. The predicted octanol–water partition coefficient (Wildman–Crippen LogP) is 4.51. The standard InChI is InChI=1S/C26H24N4O5S.H2/c1-15-13-16(2)24(17(3)14-15)35-26-20(11-12-21(28-26)18-7-9-19(31)10-8-18)25(32)30-36(33,34)23-6-4-5-22(27)29-23;/h4-14,31H,1-3H3,(H2,27,29)(H,30,32);1H. The number of aromatic hydroxyl groups is 1. The number of nitrogens with zero attached hydrogens (tertiary/aromatic N) is 2. The molecular weight excluding hydrogens is 480 g/mol. The second kappa shape index (κ2) is 9.67. The van der Waals surface area contributed by atoms with Gasteiger partial charge in [0, 0.05) is 6.99 Å². The smallest absolute Gasteiger partial charge is 0.281 e. The summed E-state index contributed by atoms with van der Waals surface area (Å²) in [6.07, 6.45) is 0. The quantitative estimate of drug-likeness (QED) is 0.346. The van der Waals surface area contributed by atoms with Crippen LogP contribution in [0.15, 0.2) is 71.8 Å². The molecule has 0 radical (unpaired) electrons. The highest BCUT2D eigenvalue weighted by atomic mass is 32.2. The molecule has 0 spiro atoms. The summed E-state index contributed by atoms with van der Waals surface area (Å²) in [5.74, 6) is -0.423. The van der Waals surface area contributed by atoms with E-state index in [1.165, 1.54) is 36.4 Å². The summed E-state index contributed by atoms with van der Waals surface area (Å²) in [6, 6.07) is 17.3. The zero-order valence-corrected chi connectivity index (χ0v) is 20.6. The number of ether oxygens (including phenoxy) is 1. The van der Waals surface area contributed by atoms with Crippen molar-refractivity contribution in [3.8, 4) is 28.6 Å². The molecule has 2 aromatic heterocycles. The fourth-order valence-electron chi connectivity index (χ4n) is 3.72. The molecule has 2 aromatic carbocycles. The number of amides is 1. The van der Waals surface area contributed by atoms with Gasteiger partial charge in [0.05, 0.1) is 5.69 Å². The molecule has 0 bridgehead atoms. The Bertz CT molecular complexity index is 1550. The van der Waals surface area contributed by atoms with Crippen LogP contribution in [-0.2, 0) is 10.0 Å². The van der Waals surface area contributed by atoms with Gasteiger partial charge in [-0.25, -0.2) is 14.7 Å². The Morgan fingerprint density at radius 1 is 0.972 bits per heavy atom. The van der Waals surface area contributed by atoms with E-state index in [0.29, 0.717) is 17.0 Å². The Morgan fingerprint density at radius 3 is 2.28 bits per heavy atom. The second-order valence-corrected chi connectivity index (χ2v) is 9.89. The largest absolute Gasteiger partial charge is 0.508 e. The third kappa shape index (κ3) is 5.28. The molecule has 2 heterocycles. The summed E-state index contributed by atoms with van der Waals surface area (Å²) in [7, 11) is -4.31. The third-order valence-electron chi connectivity index (χ3n) is 5.32. The lowest BCUT2D eigenvalue weighted by Gasteiger charge is -2.16. The number of phenols is 1. The minimum Gasteiger partial charge on any atom is -0.508 e. The molecule has 10 heteroatoms. The van der Waals surface area contributed by atoms with Gasteiger partial charge in [-0.3, -0.25) is 4.79 Å². The van der Waals surface area contributed by atoms with Gasteiger partial charge in [-0.05, 0) is 80.4 Å². The van der Waals surface area contributed by atoms with Crippen molar-refractivity contribution in [3.63, 3.8) is 0 Å². The number of aromatic nitrogens is 2. The van der Waals surface area contributed by atoms with E-state index in [4.69, 9.17) is 10.5 Å². The van der Waals surface area contributed by atoms with Crippen molar-refractivity contribution >= 4 is 21.7 Å². The maximum atomic E-state index is 13.1. The van der Waals surface area contributed by atoms with Crippen LogP contribution in [0.3, 0.4) is 0 Å². The minimum absolute atomic E-state index is 0. The van der Waals surface area contributed by atoms with Crippen LogP contribution in [-0.4, -0.2) is 29.4 Å². The monoisotopic (exact) mass is 506 g/mol. The first-order valence-electron chi connectivity index (χ1n) is 10.9. The van der Waals surface area contributed by atoms with Crippen molar-refractivity contribution in [1.29, 1.82) is 0 Å². The van der Waals surface area contributed by atoms with Crippen LogP contribution in [0.2, 0.25) is 0 Å². The Kier molecular flexibility index (Phi) is 6.63. The van der Waals surface area contributed by atoms with E-state index >= 15 is 0 Å². The SMILES string of the molecule is Cc1cc(C)c(Oc2nc(-c3ccc(O)cc3)ccc2C(=O)NS(=O)(=O)c2cccc(N)n2)c(C)c1.[HH]. The average Bonchev–Trinajstić information content (AvgIpc) is 2.81. The van der Waals surface area contributed by atoms with Crippen LogP contribution in [0, 0.1) is 20.8 Å². The molecule has 1 amide bonds. The van der Waals surface area contributed by atoms with Crippen molar-refractivity contribution in [2.24, 2.45) is 0 Å². The third-order valence-corrected chi connectivity index (χ3v) is 6.55. The van der Waals surface area contributed by atoms with Crippen molar-refractivity contribution in [3.05, 3.63) is 89.0 Å². The number of pyridine rings is 2. The highest BCUT2D eigenvalue weighted by Crippen LogP contribution is 2.33. The predicted molar refractivity (Wildman–Crippen MR) is 137 cm³/mol. The Labute approximate surface area is 210 Å². The average molecular weight is 507 g/mol. The number of rotatable bonds is 6. The number of sulfonamides is 1. The number of hydrogen-bond donors (Lipinski definition) is 3. The van der Waals surface area contributed by atoms with Gasteiger partial charge < -0.3 is 15.6 Å². The molecule has 4 aromatic rings.